The minimum absolute atomic E-state index is 0.250. The quantitative estimate of drug-likeness (QED) is 0.815. The molecule has 4 heteroatoms. The standard InChI is InChI=1S/C18H20N2O2/c1-19(2)13-7-5-12(6-8-13)17-15-10-9-14(20(3)4)11-16(15)18(21)22-17/h5-11,17H,1-4H3. The van der Waals surface area contributed by atoms with Crippen LogP contribution in [0.25, 0.3) is 0 Å². The van der Waals surface area contributed by atoms with E-state index in [0.717, 1.165) is 22.5 Å². The molecule has 4 nitrogen and oxygen atoms in total. The maximum Gasteiger partial charge on any atom is 0.339 e. The van der Waals surface area contributed by atoms with Crippen molar-refractivity contribution in [3.05, 3.63) is 59.2 Å². The SMILES string of the molecule is CN(C)c1ccc(C2OC(=O)c3cc(N(C)C)ccc32)cc1. The predicted molar refractivity (Wildman–Crippen MR) is 88.8 cm³/mol. The van der Waals surface area contributed by atoms with E-state index in [2.05, 4.69) is 0 Å². The van der Waals surface area contributed by atoms with Gasteiger partial charge < -0.3 is 14.5 Å². The first-order valence-corrected chi connectivity index (χ1v) is 7.27. The van der Waals surface area contributed by atoms with Gasteiger partial charge in [-0.05, 0) is 29.8 Å². The molecule has 0 spiro atoms. The average Bonchev–Trinajstić information content (AvgIpc) is 2.84. The molecule has 0 N–H and O–H groups in total. The fraction of sp³-hybridized carbons (Fsp3) is 0.278. The van der Waals surface area contributed by atoms with Crippen LogP contribution in [-0.4, -0.2) is 34.2 Å². The average molecular weight is 296 g/mol. The lowest BCUT2D eigenvalue weighted by Crippen LogP contribution is -2.09. The number of esters is 1. The van der Waals surface area contributed by atoms with Crippen molar-refractivity contribution < 1.29 is 9.53 Å². The van der Waals surface area contributed by atoms with Crippen molar-refractivity contribution in [2.75, 3.05) is 38.0 Å². The Balaban J connectivity index is 1.97. The minimum atomic E-state index is -0.310. The molecule has 1 aliphatic heterocycles. The van der Waals surface area contributed by atoms with Gasteiger partial charge in [-0.1, -0.05) is 18.2 Å². The molecule has 2 aromatic carbocycles. The summed E-state index contributed by atoms with van der Waals surface area (Å²) >= 11 is 0. The molecular weight excluding hydrogens is 276 g/mol. The highest BCUT2D eigenvalue weighted by atomic mass is 16.5. The van der Waals surface area contributed by atoms with Crippen LogP contribution in [-0.2, 0) is 4.74 Å². The van der Waals surface area contributed by atoms with Crippen LogP contribution in [0.3, 0.4) is 0 Å². The van der Waals surface area contributed by atoms with Gasteiger partial charge in [-0.15, -0.1) is 0 Å². The summed E-state index contributed by atoms with van der Waals surface area (Å²) in [4.78, 5) is 16.2. The molecule has 0 aliphatic carbocycles. The van der Waals surface area contributed by atoms with Crippen LogP contribution in [0, 0.1) is 0 Å². The van der Waals surface area contributed by atoms with Gasteiger partial charge in [0.25, 0.3) is 0 Å². The highest BCUT2D eigenvalue weighted by Crippen LogP contribution is 2.37. The highest BCUT2D eigenvalue weighted by Gasteiger charge is 2.32. The van der Waals surface area contributed by atoms with Gasteiger partial charge in [0.1, 0.15) is 0 Å². The van der Waals surface area contributed by atoms with Gasteiger partial charge in [0.15, 0.2) is 6.10 Å². The summed E-state index contributed by atoms with van der Waals surface area (Å²) in [6, 6.07) is 14.0. The Morgan fingerprint density at radius 3 is 2.05 bits per heavy atom. The molecule has 3 rings (SSSR count). The lowest BCUT2D eigenvalue weighted by Gasteiger charge is -2.16. The van der Waals surface area contributed by atoms with Gasteiger partial charge in [-0.25, -0.2) is 4.79 Å². The fourth-order valence-electron chi connectivity index (χ4n) is 2.66. The summed E-state index contributed by atoms with van der Waals surface area (Å²) in [6.45, 7) is 0. The largest absolute Gasteiger partial charge is 0.449 e. The molecule has 0 saturated carbocycles. The number of ether oxygens (including phenoxy) is 1. The summed E-state index contributed by atoms with van der Waals surface area (Å²) in [7, 11) is 7.92. The summed E-state index contributed by atoms with van der Waals surface area (Å²) in [5, 5.41) is 0. The van der Waals surface area contributed by atoms with E-state index in [1.165, 1.54) is 0 Å². The van der Waals surface area contributed by atoms with Crippen LogP contribution in [0.15, 0.2) is 42.5 Å². The summed E-state index contributed by atoms with van der Waals surface area (Å²) in [6.07, 6.45) is -0.310. The maximum atomic E-state index is 12.2. The van der Waals surface area contributed by atoms with E-state index in [-0.39, 0.29) is 12.1 Å². The molecule has 0 aromatic heterocycles. The lowest BCUT2D eigenvalue weighted by molar-refractivity contribution is 0.0456. The molecule has 0 radical (unpaired) electrons. The number of carbonyl (C=O) groups is 1. The van der Waals surface area contributed by atoms with Gasteiger partial charge >= 0.3 is 5.97 Å². The van der Waals surface area contributed by atoms with E-state index in [1.807, 2.05) is 80.5 Å². The van der Waals surface area contributed by atoms with E-state index in [9.17, 15) is 4.79 Å². The predicted octanol–water partition coefficient (Wildman–Crippen LogP) is 3.08. The number of anilines is 2. The van der Waals surface area contributed by atoms with Crippen molar-refractivity contribution in [3.8, 4) is 0 Å². The number of carbonyl (C=O) groups excluding carboxylic acids is 1. The van der Waals surface area contributed by atoms with E-state index >= 15 is 0 Å². The third-order valence-corrected chi connectivity index (χ3v) is 3.99. The second kappa shape index (κ2) is 5.37. The molecule has 22 heavy (non-hydrogen) atoms. The van der Waals surface area contributed by atoms with Gasteiger partial charge in [0.2, 0.25) is 0 Å². The molecule has 1 heterocycles. The van der Waals surface area contributed by atoms with Crippen molar-refractivity contribution in [1.82, 2.24) is 0 Å². The van der Waals surface area contributed by atoms with Gasteiger partial charge in [0, 0.05) is 45.1 Å². The zero-order valence-electron chi connectivity index (χ0n) is 13.3. The smallest absolute Gasteiger partial charge is 0.339 e. The molecule has 1 aliphatic rings. The third-order valence-electron chi connectivity index (χ3n) is 3.99. The number of nitrogens with zero attached hydrogens (tertiary/aromatic N) is 2. The third kappa shape index (κ3) is 2.41. The van der Waals surface area contributed by atoms with Gasteiger partial charge in [0.05, 0.1) is 5.56 Å². The molecule has 0 bridgehead atoms. The summed E-state index contributed by atoms with van der Waals surface area (Å²) in [5.41, 5.74) is 4.71. The van der Waals surface area contributed by atoms with Crippen molar-refractivity contribution in [2.45, 2.75) is 6.10 Å². The van der Waals surface area contributed by atoms with E-state index in [0.29, 0.717) is 5.56 Å². The number of hydrogen-bond acceptors (Lipinski definition) is 4. The first-order valence-electron chi connectivity index (χ1n) is 7.27. The number of benzene rings is 2. The Morgan fingerprint density at radius 2 is 1.45 bits per heavy atom. The Labute approximate surface area is 130 Å². The number of hydrogen-bond donors (Lipinski definition) is 0. The van der Waals surface area contributed by atoms with E-state index < -0.39 is 0 Å². The second-order valence-electron chi connectivity index (χ2n) is 5.94. The molecular formula is C18H20N2O2. The van der Waals surface area contributed by atoms with Crippen LogP contribution in [0.5, 0.6) is 0 Å². The Kier molecular flexibility index (Phi) is 3.53. The number of fused-ring (bicyclic) bond motifs is 1. The van der Waals surface area contributed by atoms with E-state index in [4.69, 9.17) is 4.74 Å². The van der Waals surface area contributed by atoms with Gasteiger partial charge in [-0.2, -0.15) is 0 Å². The van der Waals surface area contributed by atoms with Crippen LogP contribution in [0.2, 0.25) is 0 Å². The monoisotopic (exact) mass is 296 g/mol. The minimum Gasteiger partial charge on any atom is -0.449 e. The summed E-state index contributed by atoms with van der Waals surface area (Å²) in [5.74, 6) is -0.250. The van der Waals surface area contributed by atoms with Crippen LogP contribution < -0.4 is 9.80 Å². The lowest BCUT2D eigenvalue weighted by atomic mass is 9.98. The van der Waals surface area contributed by atoms with Crippen molar-refractivity contribution in [3.63, 3.8) is 0 Å². The number of rotatable bonds is 3. The van der Waals surface area contributed by atoms with Crippen LogP contribution in [0.1, 0.15) is 27.6 Å². The fourth-order valence-corrected chi connectivity index (χ4v) is 2.66. The van der Waals surface area contributed by atoms with E-state index in [1.54, 1.807) is 0 Å². The molecule has 114 valence electrons. The van der Waals surface area contributed by atoms with Crippen molar-refractivity contribution in [1.29, 1.82) is 0 Å². The van der Waals surface area contributed by atoms with Crippen molar-refractivity contribution >= 4 is 17.3 Å². The first kappa shape index (κ1) is 14.4. The first-order chi connectivity index (χ1) is 10.5. The molecule has 0 fully saturated rings. The molecule has 2 aromatic rings. The van der Waals surface area contributed by atoms with Crippen LogP contribution >= 0.6 is 0 Å². The molecule has 0 amide bonds. The Hall–Kier alpha value is -2.49. The molecule has 1 atom stereocenters. The number of cyclic esters (lactones) is 1. The Morgan fingerprint density at radius 1 is 0.864 bits per heavy atom. The van der Waals surface area contributed by atoms with Gasteiger partial charge in [-0.3, -0.25) is 0 Å². The highest BCUT2D eigenvalue weighted by molar-refractivity contribution is 5.95. The Bertz CT molecular complexity index is 706. The zero-order chi connectivity index (χ0) is 15.9. The topological polar surface area (TPSA) is 32.8 Å². The van der Waals surface area contributed by atoms with Crippen LogP contribution in [0.4, 0.5) is 11.4 Å². The molecule has 1 unspecified atom stereocenters. The normalized spacial score (nSPS) is 16.2. The maximum absolute atomic E-state index is 12.2. The second-order valence-corrected chi connectivity index (χ2v) is 5.94. The zero-order valence-corrected chi connectivity index (χ0v) is 13.3. The summed E-state index contributed by atoms with van der Waals surface area (Å²) < 4.78 is 5.58. The molecule has 0 saturated heterocycles. The van der Waals surface area contributed by atoms with Crippen molar-refractivity contribution in [2.24, 2.45) is 0 Å².